The summed E-state index contributed by atoms with van der Waals surface area (Å²) in [4.78, 5) is 2.68. The minimum atomic E-state index is 0.794. The van der Waals surface area contributed by atoms with Crippen molar-refractivity contribution in [2.45, 2.75) is 46.1 Å². The summed E-state index contributed by atoms with van der Waals surface area (Å²) in [5.74, 6) is 0.794. The summed E-state index contributed by atoms with van der Waals surface area (Å²) >= 11 is 0. The first-order chi connectivity index (χ1) is 6.77. The molecule has 2 heteroatoms. The van der Waals surface area contributed by atoms with Crippen molar-refractivity contribution in [1.82, 2.24) is 10.2 Å². The van der Waals surface area contributed by atoms with Gasteiger partial charge < -0.3 is 10.2 Å². The van der Waals surface area contributed by atoms with Crippen LogP contribution in [-0.2, 0) is 0 Å². The van der Waals surface area contributed by atoms with Gasteiger partial charge in [0.05, 0.1) is 0 Å². The Kier molecular flexibility index (Phi) is 5.49. The van der Waals surface area contributed by atoms with Gasteiger partial charge in [0.25, 0.3) is 0 Å². The first-order valence-corrected chi connectivity index (χ1v) is 6.22. The molecule has 1 N–H and O–H groups in total. The molecule has 1 rings (SSSR count). The van der Waals surface area contributed by atoms with Gasteiger partial charge in [-0.25, -0.2) is 0 Å². The maximum atomic E-state index is 3.43. The van der Waals surface area contributed by atoms with Crippen LogP contribution in [0.4, 0.5) is 0 Å². The smallest absolute Gasteiger partial charge is 0.00965 e. The lowest BCUT2D eigenvalue weighted by Crippen LogP contribution is -2.35. The molecule has 0 heterocycles. The minimum absolute atomic E-state index is 0.794. The largest absolute Gasteiger partial charge is 0.317 e. The number of rotatable bonds is 8. The van der Waals surface area contributed by atoms with E-state index in [-0.39, 0.29) is 0 Å². The molecule has 0 radical (unpaired) electrons. The van der Waals surface area contributed by atoms with Gasteiger partial charge in [-0.3, -0.25) is 0 Å². The Bertz CT molecular complexity index is 143. The predicted molar refractivity (Wildman–Crippen MR) is 62.6 cm³/mol. The number of hydrogen-bond donors (Lipinski definition) is 1. The minimum Gasteiger partial charge on any atom is -0.317 e. The van der Waals surface area contributed by atoms with Crippen LogP contribution < -0.4 is 5.32 Å². The first kappa shape index (κ1) is 12.0. The molecule has 1 atom stereocenters. The summed E-state index contributed by atoms with van der Waals surface area (Å²) in [6.07, 6.45) is 4.17. The molecular weight excluding hydrogens is 172 g/mol. The summed E-state index contributed by atoms with van der Waals surface area (Å²) in [5, 5.41) is 3.43. The highest BCUT2D eigenvalue weighted by molar-refractivity contribution is 4.85. The van der Waals surface area contributed by atoms with Crippen LogP contribution in [0.1, 0.15) is 40.0 Å². The summed E-state index contributed by atoms with van der Waals surface area (Å²) in [7, 11) is 0. The van der Waals surface area contributed by atoms with E-state index >= 15 is 0 Å². The molecule has 1 unspecified atom stereocenters. The molecule has 1 saturated carbocycles. The summed E-state index contributed by atoms with van der Waals surface area (Å²) in [6.45, 7) is 11.7. The van der Waals surface area contributed by atoms with Gasteiger partial charge in [-0.1, -0.05) is 20.8 Å². The average Bonchev–Trinajstić information content (AvgIpc) is 2.97. The fourth-order valence-electron chi connectivity index (χ4n) is 2.01. The predicted octanol–water partition coefficient (Wildman–Crippen LogP) is 2.11. The summed E-state index contributed by atoms with van der Waals surface area (Å²) in [5.41, 5.74) is 0. The Hall–Kier alpha value is -0.0800. The van der Waals surface area contributed by atoms with E-state index in [1.165, 1.54) is 38.9 Å². The van der Waals surface area contributed by atoms with Crippen molar-refractivity contribution < 1.29 is 0 Å². The lowest BCUT2D eigenvalue weighted by Gasteiger charge is -2.25. The molecule has 1 aliphatic rings. The summed E-state index contributed by atoms with van der Waals surface area (Å²) < 4.78 is 0. The number of nitrogens with one attached hydrogen (secondary N) is 1. The van der Waals surface area contributed by atoms with E-state index in [9.17, 15) is 0 Å². The van der Waals surface area contributed by atoms with Gasteiger partial charge >= 0.3 is 0 Å². The van der Waals surface area contributed by atoms with Crippen LogP contribution in [0.25, 0.3) is 0 Å². The molecule has 0 aromatic carbocycles. The van der Waals surface area contributed by atoms with Crippen LogP contribution in [0, 0.1) is 5.92 Å². The van der Waals surface area contributed by atoms with Crippen molar-refractivity contribution in [3.63, 3.8) is 0 Å². The third kappa shape index (κ3) is 4.43. The topological polar surface area (TPSA) is 15.3 Å². The SMILES string of the molecule is CCCN(CC(C)CNCC)C1CC1. The lowest BCUT2D eigenvalue weighted by atomic mass is 10.1. The Morgan fingerprint density at radius 2 is 2.07 bits per heavy atom. The monoisotopic (exact) mass is 198 g/mol. The van der Waals surface area contributed by atoms with E-state index in [4.69, 9.17) is 0 Å². The van der Waals surface area contributed by atoms with Gasteiger partial charge in [-0.15, -0.1) is 0 Å². The molecule has 0 bridgehead atoms. The third-order valence-corrected chi connectivity index (χ3v) is 2.86. The highest BCUT2D eigenvalue weighted by Gasteiger charge is 2.28. The second-order valence-corrected chi connectivity index (χ2v) is 4.64. The van der Waals surface area contributed by atoms with Crippen molar-refractivity contribution in [2.24, 2.45) is 5.92 Å². The molecule has 0 aromatic heterocycles. The van der Waals surface area contributed by atoms with Gasteiger partial charge in [0, 0.05) is 12.6 Å². The molecule has 0 spiro atoms. The fourth-order valence-corrected chi connectivity index (χ4v) is 2.01. The lowest BCUT2D eigenvalue weighted by molar-refractivity contribution is 0.226. The molecule has 1 aliphatic carbocycles. The van der Waals surface area contributed by atoms with Crippen molar-refractivity contribution in [2.75, 3.05) is 26.2 Å². The van der Waals surface area contributed by atoms with Gasteiger partial charge in [-0.05, 0) is 44.8 Å². The van der Waals surface area contributed by atoms with Crippen LogP contribution >= 0.6 is 0 Å². The molecule has 14 heavy (non-hydrogen) atoms. The molecule has 84 valence electrons. The van der Waals surface area contributed by atoms with Crippen molar-refractivity contribution >= 4 is 0 Å². The average molecular weight is 198 g/mol. The molecule has 0 aliphatic heterocycles. The Labute approximate surface area is 89.1 Å². The number of nitrogens with zero attached hydrogens (tertiary/aromatic N) is 1. The Balaban J connectivity index is 2.16. The zero-order chi connectivity index (χ0) is 10.4. The molecule has 0 aromatic rings. The van der Waals surface area contributed by atoms with E-state index in [0.29, 0.717) is 0 Å². The molecular formula is C12H26N2. The normalized spacial score (nSPS) is 18.9. The highest BCUT2D eigenvalue weighted by atomic mass is 15.2. The van der Waals surface area contributed by atoms with Gasteiger partial charge in [0.2, 0.25) is 0 Å². The van der Waals surface area contributed by atoms with E-state index < -0.39 is 0 Å². The van der Waals surface area contributed by atoms with Gasteiger partial charge in [0.1, 0.15) is 0 Å². The second-order valence-electron chi connectivity index (χ2n) is 4.64. The highest BCUT2D eigenvalue weighted by Crippen LogP contribution is 2.27. The summed E-state index contributed by atoms with van der Waals surface area (Å²) in [6, 6.07) is 0.930. The molecule has 1 fully saturated rings. The zero-order valence-electron chi connectivity index (χ0n) is 10.1. The van der Waals surface area contributed by atoms with Crippen LogP contribution in [-0.4, -0.2) is 37.1 Å². The van der Waals surface area contributed by atoms with Crippen LogP contribution in [0.3, 0.4) is 0 Å². The zero-order valence-corrected chi connectivity index (χ0v) is 10.1. The van der Waals surface area contributed by atoms with Crippen LogP contribution in [0.15, 0.2) is 0 Å². The Morgan fingerprint density at radius 1 is 1.36 bits per heavy atom. The van der Waals surface area contributed by atoms with Crippen molar-refractivity contribution in [3.8, 4) is 0 Å². The molecule has 0 saturated heterocycles. The maximum absolute atomic E-state index is 3.43. The molecule has 0 amide bonds. The van der Waals surface area contributed by atoms with Gasteiger partial charge in [-0.2, -0.15) is 0 Å². The van der Waals surface area contributed by atoms with Crippen molar-refractivity contribution in [1.29, 1.82) is 0 Å². The van der Waals surface area contributed by atoms with E-state index in [1.54, 1.807) is 0 Å². The molecule has 2 nitrogen and oxygen atoms in total. The quantitative estimate of drug-likeness (QED) is 0.642. The first-order valence-electron chi connectivity index (χ1n) is 6.22. The van der Waals surface area contributed by atoms with Crippen LogP contribution in [0.2, 0.25) is 0 Å². The van der Waals surface area contributed by atoms with E-state index in [1.807, 2.05) is 0 Å². The van der Waals surface area contributed by atoms with Crippen molar-refractivity contribution in [3.05, 3.63) is 0 Å². The van der Waals surface area contributed by atoms with E-state index in [2.05, 4.69) is 31.0 Å². The third-order valence-electron chi connectivity index (χ3n) is 2.86. The van der Waals surface area contributed by atoms with Crippen LogP contribution in [0.5, 0.6) is 0 Å². The van der Waals surface area contributed by atoms with E-state index in [0.717, 1.165) is 18.5 Å². The van der Waals surface area contributed by atoms with Gasteiger partial charge in [0.15, 0.2) is 0 Å². The Morgan fingerprint density at radius 3 is 2.57 bits per heavy atom. The second kappa shape index (κ2) is 6.41. The number of hydrogen-bond acceptors (Lipinski definition) is 2. The maximum Gasteiger partial charge on any atom is 0.00965 e. The fraction of sp³-hybridized carbons (Fsp3) is 1.00. The standard InChI is InChI=1S/C12H26N2/c1-4-8-14(12-6-7-12)10-11(3)9-13-5-2/h11-13H,4-10H2,1-3H3.